The number of nitrogens with zero attached hydrogens (tertiary/aromatic N) is 2. The fraction of sp³-hybridized carbons (Fsp3) is 0.611. The number of benzene rings is 1. The molecule has 2 N–H and O–H groups in total. The van der Waals surface area contributed by atoms with Crippen molar-refractivity contribution >= 4 is 18.3 Å². The first-order valence-corrected chi connectivity index (χ1v) is 8.33. The number of rotatable bonds is 5. The van der Waals surface area contributed by atoms with Gasteiger partial charge in [0.25, 0.3) is 0 Å². The first-order valence-electron chi connectivity index (χ1n) is 8.33. The third-order valence-electron chi connectivity index (χ3n) is 4.71. The first kappa shape index (κ1) is 19.9. The quantitative estimate of drug-likeness (QED) is 0.896. The number of hydrogen-bond donors (Lipinski definition) is 1. The average molecular weight is 340 g/mol. The molecule has 0 aromatic heterocycles. The van der Waals surface area contributed by atoms with Crippen LogP contribution in [0.5, 0.6) is 0 Å². The summed E-state index contributed by atoms with van der Waals surface area (Å²) in [5.41, 5.74) is 8.71. The molecule has 1 fully saturated rings. The predicted molar refractivity (Wildman–Crippen MR) is 97.7 cm³/mol. The number of aryl methyl sites for hydroxylation is 1. The molecule has 130 valence electrons. The molecule has 0 saturated carbocycles. The molecule has 0 bridgehead atoms. The van der Waals surface area contributed by atoms with Crippen LogP contribution < -0.4 is 5.73 Å². The standard InChI is InChI=1S/C18H29N3O.ClH/c1-4-15(3)17(19)18(22)21-10-8-20(9-11-21)13-16-7-5-6-14(2)12-16;/h5-7,12,15,17H,4,8-11,13,19H2,1-3H3;1H. The van der Waals surface area contributed by atoms with Gasteiger partial charge in [-0.2, -0.15) is 0 Å². The molecular weight excluding hydrogens is 310 g/mol. The maximum Gasteiger partial charge on any atom is 0.239 e. The van der Waals surface area contributed by atoms with Crippen molar-refractivity contribution in [3.8, 4) is 0 Å². The Morgan fingerprint density at radius 3 is 2.48 bits per heavy atom. The highest BCUT2D eigenvalue weighted by Gasteiger charge is 2.27. The topological polar surface area (TPSA) is 49.6 Å². The smallest absolute Gasteiger partial charge is 0.239 e. The van der Waals surface area contributed by atoms with Gasteiger partial charge in [0.1, 0.15) is 0 Å². The minimum Gasteiger partial charge on any atom is -0.339 e. The van der Waals surface area contributed by atoms with Gasteiger partial charge >= 0.3 is 0 Å². The summed E-state index contributed by atoms with van der Waals surface area (Å²) < 4.78 is 0. The first-order chi connectivity index (χ1) is 10.5. The SMILES string of the molecule is CCC(C)C(N)C(=O)N1CCN(Cc2cccc(C)c2)CC1.Cl. The summed E-state index contributed by atoms with van der Waals surface area (Å²) in [6, 6.07) is 8.28. The predicted octanol–water partition coefficient (Wildman–Crippen LogP) is 2.43. The number of nitrogens with two attached hydrogens (primary N) is 1. The van der Waals surface area contributed by atoms with Crippen LogP contribution in [0.2, 0.25) is 0 Å². The minimum atomic E-state index is -0.353. The van der Waals surface area contributed by atoms with E-state index >= 15 is 0 Å². The third kappa shape index (κ3) is 5.48. The lowest BCUT2D eigenvalue weighted by Gasteiger charge is -2.36. The fourth-order valence-corrected chi connectivity index (χ4v) is 2.90. The maximum absolute atomic E-state index is 12.4. The van der Waals surface area contributed by atoms with Gasteiger partial charge in [0, 0.05) is 32.7 Å². The van der Waals surface area contributed by atoms with Gasteiger partial charge < -0.3 is 10.6 Å². The molecule has 1 aromatic carbocycles. The van der Waals surface area contributed by atoms with Crippen molar-refractivity contribution in [1.29, 1.82) is 0 Å². The van der Waals surface area contributed by atoms with Crippen LogP contribution in [0.1, 0.15) is 31.4 Å². The van der Waals surface area contributed by atoms with Crippen molar-refractivity contribution in [2.75, 3.05) is 26.2 Å². The van der Waals surface area contributed by atoms with E-state index in [0.717, 1.165) is 39.1 Å². The second-order valence-corrected chi connectivity index (χ2v) is 6.50. The molecule has 2 atom stereocenters. The molecule has 1 heterocycles. The van der Waals surface area contributed by atoms with E-state index in [1.54, 1.807) is 0 Å². The van der Waals surface area contributed by atoms with E-state index in [-0.39, 0.29) is 30.3 Å². The second kappa shape index (κ2) is 9.26. The maximum atomic E-state index is 12.4. The van der Waals surface area contributed by atoms with Crippen LogP contribution in [0.15, 0.2) is 24.3 Å². The van der Waals surface area contributed by atoms with Crippen LogP contribution in [0.3, 0.4) is 0 Å². The van der Waals surface area contributed by atoms with Gasteiger partial charge in [-0.25, -0.2) is 0 Å². The van der Waals surface area contributed by atoms with Crippen LogP contribution in [0.4, 0.5) is 0 Å². The molecule has 0 spiro atoms. The Morgan fingerprint density at radius 1 is 1.26 bits per heavy atom. The zero-order valence-corrected chi connectivity index (χ0v) is 15.3. The zero-order chi connectivity index (χ0) is 16.1. The molecule has 0 radical (unpaired) electrons. The molecule has 1 aliphatic heterocycles. The third-order valence-corrected chi connectivity index (χ3v) is 4.71. The van der Waals surface area contributed by atoms with Gasteiger partial charge in [0.15, 0.2) is 0 Å². The summed E-state index contributed by atoms with van der Waals surface area (Å²) in [7, 11) is 0. The van der Waals surface area contributed by atoms with Crippen molar-refractivity contribution < 1.29 is 4.79 Å². The lowest BCUT2D eigenvalue weighted by atomic mass is 9.98. The Morgan fingerprint density at radius 2 is 1.91 bits per heavy atom. The summed E-state index contributed by atoms with van der Waals surface area (Å²) in [4.78, 5) is 16.7. The van der Waals surface area contributed by atoms with Gasteiger partial charge in [-0.15, -0.1) is 12.4 Å². The summed E-state index contributed by atoms with van der Waals surface area (Å²) in [5.74, 6) is 0.363. The molecule has 5 heteroatoms. The fourth-order valence-electron chi connectivity index (χ4n) is 2.90. The lowest BCUT2D eigenvalue weighted by Crippen LogP contribution is -2.54. The molecule has 2 rings (SSSR count). The molecule has 4 nitrogen and oxygen atoms in total. The van der Waals surface area contributed by atoms with E-state index in [1.807, 2.05) is 4.90 Å². The van der Waals surface area contributed by atoms with E-state index in [0.29, 0.717) is 0 Å². The Hall–Kier alpha value is -1.10. The average Bonchev–Trinajstić information content (AvgIpc) is 2.53. The zero-order valence-electron chi connectivity index (χ0n) is 14.5. The van der Waals surface area contributed by atoms with Crippen molar-refractivity contribution in [2.24, 2.45) is 11.7 Å². The van der Waals surface area contributed by atoms with Gasteiger partial charge in [-0.1, -0.05) is 50.1 Å². The van der Waals surface area contributed by atoms with Crippen molar-refractivity contribution in [2.45, 2.75) is 39.8 Å². The van der Waals surface area contributed by atoms with Crippen molar-refractivity contribution in [3.05, 3.63) is 35.4 Å². The Balaban J connectivity index is 0.00000264. The number of halogens is 1. The largest absolute Gasteiger partial charge is 0.339 e. The number of hydrogen-bond acceptors (Lipinski definition) is 3. The number of amides is 1. The highest BCUT2D eigenvalue weighted by Crippen LogP contribution is 2.13. The van der Waals surface area contributed by atoms with Crippen LogP contribution in [0, 0.1) is 12.8 Å². The Kier molecular flexibility index (Phi) is 8.03. The van der Waals surface area contributed by atoms with Gasteiger partial charge in [0.05, 0.1) is 6.04 Å². The van der Waals surface area contributed by atoms with Crippen LogP contribution in [-0.4, -0.2) is 47.9 Å². The number of piperazine rings is 1. The summed E-state index contributed by atoms with van der Waals surface area (Å²) >= 11 is 0. The molecule has 23 heavy (non-hydrogen) atoms. The second-order valence-electron chi connectivity index (χ2n) is 6.50. The molecule has 1 saturated heterocycles. The summed E-state index contributed by atoms with van der Waals surface area (Å²) in [6.07, 6.45) is 0.945. The summed E-state index contributed by atoms with van der Waals surface area (Å²) in [5, 5.41) is 0. The van der Waals surface area contributed by atoms with Crippen molar-refractivity contribution in [1.82, 2.24) is 9.80 Å². The van der Waals surface area contributed by atoms with E-state index in [4.69, 9.17) is 5.73 Å². The molecular formula is C18H30ClN3O. The monoisotopic (exact) mass is 339 g/mol. The van der Waals surface area contributed by atoms with E-state index in [2.05, 4.69) is 49.9 Å². The normalized spacial score (nSPS) is 18.2. The van der Waals surface area contributed by atoms with Crippen LogP contribution >= 0.6 is 12.4 Å². The lowest BCUT2D eigenvalue weighted by molar-refractivity contribution is -0.135. The number of carbonyl (C=O) groups excluding carboxylic acids is 1. The Labute approximate surface area is 146 Å². The highest BCUT2D eigenvalue weighted by atomic mass is 35.5. The van der Waals surface area contributed by atoms with E-state index in [9.17, 15) is 4.79 Å². The minimum absolute atomic E-state index is 0. The number of carbonyl (C=O) groups is 1. The molecule has 1 amide bonds. The summed E-state index contributed by atoms with van der Waals surface area (Å²) in [6.45, 7) is 10.6. The van der Waals surface area contributed by atoms with Gasteiger partial charge in [-0.3, -0.25) is 9.69 Å². The van der Waals surface area contributed by atoms with Gasteiger partial charge in [-0.05, 0) is 18.4 Å². The van der Waals surface area contributed by atoms with Crippen LogP contribution in [-0.2, 0) is 11.3 Å². The Bertz CT molecular complexity index is 501. The molecule has 1 aromatic rings. The highest BCUT2D eigenvalue weighted by molar-refractivity contribution is 5.85. The van der Waals surface area contributed by atoms with E-state index < -0.39 is 0 Å². The van der Waals surface area contributed by atoms with Crippen molar-refractivity contribution in [3.63, 3.8) is 0 Å². The molecule has 0 aliphatic carbocycles. The molecule has 2 unspecified atom stereocenters. The van der Waals surface area contributed by atoms with E-state index in [1.165, 1.54) is 11.1 Å². The van der Waals surface area contributed by atoms with Gasteiger partial charge in [0.2, 0.25) is 5.91 Å². The molecule has 1 aliphatic rings. The van der Waals surface area contributed by atoms with Crippen LogP contribution in [0.25, 0.3) is 0 Å².